The SMILES string of the molecule is C=C.C=C(CC)C(O)=C(C)C.C=NN(C)CC(=O)Nc1ccc(C(F)(F)F)cc1Cl.CN.CNC(C)CCC1C[C@H](F)C(NN(C)Cc2ccc(N3CCC(N4CC(C)C4)CC3)cc2)=C1C(C)=O. The van der Waals surface area contributed by atoms with Gasteiger partial charge in [0.25, 0.3) is 0 Å². The first-order chi connectivity index (χ1) is 32.1. The smallest absolute Gasteiger partial charge is 0.416 e. The summed E-state index contributed by atoms with van der Waals surface area (Å²) in [6.45, 7) is 30.0. The number of allylic oxidation sites excluding steroid dienone is 4. The maximum Gasteiger partial charge on any atom is 0.416 e. The first-order valence-corrected chi connectivity index (χ1v) is 23.5. The van der Waals surface area contributed by atoms with Crippen LogP contribution in [0.5, 0.6) is 0 Å². The van der Waals surface area contributed by atoms with Crippen LogP contribution in [0.15, 0.2) is 95.5 Å². The molecule has 2 aromatic rings. The van der Waals surface area contributed by atoms with Crippen molar-refractivity contribution in [1.29, 1.82) is 0 Å². The van der Waals surface area contributed by atoms with Gasteiger partial charge in [0.2, 0.25) is 5.91 Å². The number of alkyl halides is 4. The Morgan fingerprint density at radius 1 is 1.04 bits per heavy atom. The van der Waals surface area contributed by atoms with E-state index >= 15 is 4.39 Å². The number of hydrogen-bond donors (Lipinski definition) is 5. The summed E-state index contributed by atoms with van der Waals surface area (Å²) in [6, 6.07) is 12.6. The number of amides is 1. The number of benzene rings is 2. The summed E-state index contributed by atoms with van der Waals surface area (Å²) >= 11 is 5.69. The third-order valence-corrected chi connectivity index (χ3v) is 12.2. The summed E-state index contributed by atoms with van der Waals surface area (Å²) in [4.78, 5) is 29.1. The number of nitrogens with zero attached hydrogens (tertiary/aromatic N) is 5. The van der Waals surface area contributed by atoms with Crippen LogP contribution >= 0.6 is 11.6 Å². The van der Waals surface area contributed by atoms with E-state index in [2.05, 4.69) is 101 Å². The Kier molecular flexibility index (Phi) is 27.7. The van der Waals surface area contributed by atoms with Crippen LogP contribution in [-0.4, -0.2) is 118 Å². The van der Waals surface area contributed by atoms with Gasteiger partial charge in [-0.2, -0.15) is 18.3 Å². The van der Waals surface area contributed by atoms with E-state index in [0.717, 1.165) is 79.2 Å². The van der Waals surface area contributed by atoms with Gasteiger partial charge in [-0.15, -0.1) is 13.2 Å². The molecule has 3 atom stereocenters. The summed E-state index contributed by atoms with van der Waals surface area (Å²) in [7, 11) is 6.88. The number of Topliss-reactive ketones (excluding diaryl/α,β-unsaturated/α-hetero) is 1. The van der Waals surface area contributed by atoms with Gasteiger partial charge in [-0.1, -0.05) is 44.2 Å². The molecule has 68 heavy (non-hydrogen) atoms. The Balaban J connectivity index is 0.000000603. The van der Waals surface area contributed by atoms with Crippen LogP contribution in [0.25, 0.3) is 0 Å². The van der Waals surface area contributed by atoms with Crippen LogP contribution in [0.4, 0.5) is 28.9 Å². The highest BCUT2D eigenvalue weighted by Crippen LogP contribution is 2.37. The predicted molar refractivity (Wildman–Crippen MR) is 275 cm³/mol. The van der Waals surface area contributed by atoms with E-state index in [1.54, 1.807) is 6.92 Å². The first-order valence-electron chi connectivity index (χ1n) is 23.2. The minimum Gasteiger partial charge on any atom is -0.508 e. The molecule has 2 aromatic carbocycles. The van der Waals surface area contributed by atoms with E-state index in [1.807, 2.05) is 39.9 Å². The lowest BCUT2D eigenvalue weighted by molar-refractivity contribution is -0.137. The van der Waals surface area contributed by atoms with Gasteiger partial charge < -0.3 is 31.8 Å². The Morgan fingerprint density at radius 3 is 2.09 bits per heavy atom. The number of nitrogens with one attached hydrogen (secondary N) is 3. The van der Waals surface area contributed by atoms with E-state index in [-0.39, 0.29) is 29.0 Å². The largest absolute Gasteiger partial charge is 0.508 e. The van der Waals surface area contributed by atoms with Gasteiger partial charge in [0.15, 0.2) is 5.78 Å². The topological polar surface area (TPSA) is 142 Å². The Labute approximate surface area is 409 Å². The molecule has 12 nitrogen and oxygen atoms in total. The maximum atomic E-state index is 15.0. The number of nitrogens with two attached hydrogens (primary N) is 1. The quantitative estimate of drug-likeness (QED) is 0.0260. The molecule has 0 aromatic heterocycles. The molecule has 2 saturated heterocycles. The number of aliphatic hydroxyl groups is 1. The average Bonchev–Trinajstić information content (AvgIpc) is 3.62. The number of halogens is 5. The molecular formula is C51H80ClF4N9O3. The minimum absolute atomic E-state index is 0.0166. The summed E-state index contributed by atoms with van der Waals surface area (Å²) in [5.74, 6) is 0.725. The summed E-state index contributed by atoms with van der Waals surface area (Å²) < 4.78 is 52.2. The van der Waals surface area contributed by atoms with Crippen molar-refractivity contribution in [3.05, 3.63) is 107 Å². The van der Waals surface area contributed by atoms with Crippen molar-refractivity contribution in [3.63, 3.8) is 0 Å². The molecule has 0 spiro atoms. The number of hydrogen-bond acceptors (Lipinski definition) is 11. The Morgan fingerprint density at radius 2 is 1.63 bits per heavy atom. The van der Waals surface area contributed by atoms with E-state index in [4.69, 9.17) is 11.6 Å². The van der Waals surface area contributed by atoms with Crippen molar-refractivity contribution in [2.75, 3.05) is 71.1 Å². The molecular weight excluding hydrogens is 898 g/mol. The molecule has 0 bridgehead atoms. The molecule has 382 valence electrons. The molecule has 1 aliphatic carbocycles. The van der Waals surface area contributed by atoms with Crippen molar-refractivity contribution in [1.82, 2.24) is 25.7 Å². The van der Waals surface area contributed by atoms with Crippen molar-refractivity contribution >= 4 is 41.4 Å². The fourth-order valence-corrected chi connectivity index (χ4v) is 8.19. The summed E-state index contributed by atoms with van der Waals surface area (Å²) in [6.07, 6.45) is -0.148. The summed E-state index contributed by atoms with van der Waals surface area (Å²) in [5, 5.41) is 21.3. The van der Waals surface area contributed by atoms with Crippen LogP contribution in [0.1, 0.15) is 91.2 Å². The van der Waals surface area contributed by atoms with Crippen molar-refractivity contribution < 1.29 is 32.3 Å². The molecule has 17 heteroatoms. The van der Waals surface area contributed by atoms with Gasteiger partial charge in [-0.3, -0.25) is 19.5 Å². The molecule has 5 rings (SSSR count). The van der Waals surface area contributed by atoms with Crippen molar-refractivity contribution in [2.24, 2.45) is 22.7 Å². The maximum absolute atomic E-state index is 15.0. The number of likely N-dealkylation sites (tertiary alicyclic amines) is 1. The molecule has 1 amide bonds. The molecule has 2 unspecified atom stereocenters. The van der Waals surface area contributed by atoms with Gasteiger partial charge >= 0.3 is 6.18 Å². The highest BCUT2D eigenvalue weighted by molar-refractivity contribution is 6.33. The lowest BCUT2D eigenvalue weighted by atomic mass is 9.92. The number of piperidine rings is 1. The monoisotopic (exact) mass is 978 g/mol. The highest BCUT2D eigenvalue weighted by Gasteiger charge is 2.37. The normalized spacial score (nSPS) is 17.6. The van der Waals surface area contributed by atoms with E-state index in [9.17, 15) is 27.9 Å². The number of carbonyl (C=O) groups excluding carboxylic acids is 2. The fourth-order valence-electron chi connectivity index (χ4n) is 7.97. The standard InChI is InChI=1S/C29H46FN5O.C11H11ClF3N3O.C8H14O.C2H4.CH5N/c1-20-17-35(18-20)26-12-14-34(15-13-26)25-10-7-23(8-11-25)19-33(5)32-29-27(30)16-24(28(29)22(3)36)9-6-21(2)31-4;1-16-18(2)6-10(19)17-9-4-3-7(5-8(9)12)11(13,14)15;1-5-7(4)8(9)6(2)3;2*1-2/h7-8,10-11,20-21,24,26-27,31-32H,6,9,12-19H2,1-5H3;3-5H,1,6H2,2H3,(H,17,19);9H,4-5H2,1-3H3;1-2H2;2H2,1H3/t21?,24?,27-;;;;/m0..../s1. The van der Waals surface area contributed by atoms with Crippen LogP contribution in [-0.2, 0) is 22.3 Å². The zero-order valence-corrected chi connectivity index (χ0v) is 43.0. The highest BCUT2D eigenvalue weighted by atomic mass is 35.5. The Hall–Kier alpha value is -4.74. The second-order valence-electron chi connectivity index (χ2n) is 17.5. The van der Waals surface area contributed by atoms with Crippen LogP contribution in [0.3, 0.4) is 0 Å². The predicted octanol–water partition coefficient (Wildman–Crippen LogP) is 10.2. The van der Waals surface area contributed by atoms with Crippen molar-refractivity contribution in [2.45, 2.75) is 111 Å². The van der Waals surface area contributed by atoms with Gasteiger partial charge in [-0.25, -0.2) is 9.40 Å². The molecule has 0 radical (unpaired) electrons. The van der Waals surface area contributed by atoms with Gasteiger partial charge in [-0.05, 0) is 139 Å². The lowest BCUT2D eigenvalue weighted by Crippen LogP contribution is -2.54. The van der Waals surface area contributed by atoms with Gasteiger partial charge in [0.05, 0.1) is 22.0 Å². The second-order valence-corrected chi connectivity index (χ2v) is 17.9. The minimum atomic E-state index is -4.47. The average molecular weight is 979 g/mol. The molecule has 2 aliphatic heterocycles. The number of hydrazone groups is 1. The molecule has 0 saturated carbocycles. The number of carbonyl (C=O) groups is 2. The summed E-state index contributed by atoms with van der Waals surface area (Å²) in [5.41, 5.74) is 12.3. The Bertz CT molecular complexity index is 1950. The number of aliphatic hydroxyl groups excluding tert-OH is 1. The number of rotatable bonds is 17. The fraction of sp³-hybridized carbons (Fsp3) is 0.549. The van der Waals surface area contributed by atoms with E-state index in [0.29, 0.717) is 36.0 Å². The van der Waals surface area contributed by atoms with Gasteiger partial charge in [0, 0.05) is 76.9 Å². The van der Waals surface area contributed by atoms with E-state index in [1.165, 1.54) is 50.7 Å². The lowest BCUT2D eigenvalue weighted by Gasteiger charge is -2.46. The van der Waals surface area contributed by atoms with Crippen molar-refractivity contribution in [3.8, 4) is 0 Å². The number of hydrazine groups is 1. The number of likely N-dealkylation sites (N-methyl/N-ethyl adjacent to an activating group) is 1. The third kappa shape index (κ3) is 20.1. The van der Waals surface area contributed by atoms with Crippen LogP contribution in [0.2, 0.25) is 5.02 Å². The third-order valence-electron chi connectivity index (χ3n) is 11.8. The zero-order valence-electron chi connectivity index (χ0n) is 42.2. The van der Waals surface area contributed by atoms with Gasteiger partial charge in [0.1, 0.15) is 18.5 Å². The molecule has 6 N–H and O–H groups in total. The molecule has 3 aliphatic rings. The number of anilines is 2. The zero-order chi connectivity index (χ0) is 51.9. The molecule has 2 fully saturated rings. The second kappa shape index (κ2) is 30.7. The molecule has 2 heterocycles. The first kappa shape index (κ1) is 61.3. The van der Waals surface area contributed by atoms with E-state index < -0.39 is 23.8 Å². The number of ketones is 1. The van der Waals surface area contributed by atoms with Crippen LogP contribution < -0.4 is 26.7 Å². The van der Waals surface area contributed by atoms with Crippen LogP contribution in [0, 0.1) is 11.8 Å².